The van der Waals surface area contributed by atoms with Crippen molar-refractivity contribution in [2.24, 2.45) is 0 Å². The van der Waals surface area contributed by atoms with E-state index >= 15 is 0 Å². The number of nitrogens with zero attached hydrogens (tertiary/aromatic N) is 2. The Hall–Kier alpha value is -2.40. The second-order valence-electron chi connectivity index (χ2n) is 7.37. The molecule has 1 aliphatic rings. The lowest BCUT2D eigenvalue weighted by molar-refractivity contribution is 0.0935. The molecule has 27 heavy (non-hydrogen) atoms. The summed E-state index contributed by atoms with van der Waals surface area (Å²) in [4.78, 5) is 19.2. The lowest BCUT2D eigenvalue weighted by Gasteiger charge is -2.27. The van der Waals surface area contributed by atoms with Gasteiger partial charge in [-0.05, 0) is 69.0 Å². The predicted octanol–water partition coefficient (Wildman–Crippen LogP) is 3.58. The number of carbonyl (C=O) groups is 1. The van der Waals surface area contributed by atoms with E-state index in [2.05, 4.69) is 48.1 Å². The Morgan fingerprint density at radius 2 is 2.04 bits per heavy atom. The van der Waals surface area contributed by atoms with Crippen LogP contribution in [0.1, 0.15) is 52.1 Å². The number of ether oxygens (including phenoxy) is 1. The van der Waals surface area contributed by atoms with E-state index in [0.29, 0.717) is 11.6 Å². The van der Waals surface area contributed by atoms with E-state index in [0.717, 1.165) is 31.0 Å². The molecule has 1 saturated heterocycles. The highest BCUT2D eigenvalue weighted by Gasteiger charge is 2.29. The molecular weight excluding hydrogens is 338 g/mol. The molecule has 1 aromatic heterocycles. The van der Waals surface area contributed by atoms with Crippen molar-refractivity contribution in [2.75, 3.05) is 20.2 Å². The summed E-state index contributed by atoms with van der Waals surface area (Å²) in [5.74, 6) is 0.901. The summed E-state index contributed by atoms with van der Waals surface area (Å²) in [6.45, 7) is 10.2. The molecule has 5 heteroatoms. The Labute approximate surface area is 161 Å². The highest BCUT2D eigenvalue weighted by atomic mass is 16.5. The van der Waals surface area contributed by atoms with Gasteiger partial charge in [-0.25, -0.2) is 0 Å². The smallest absolute Gasteiger partial charge is 0.253 e. The average molecular weight is 367 g/mol. The van der Waals surface area contributed by atoms with Crippen LogP contribution in [-0.2, 0) is 0 Å². The fourth-order valence-corrected chi connectivity index (χ4v) is 3.93. The number of aryl methyl sites for hydroxylation is 1. The molecule has 2 aromatic rings. The van der Waals surface area contributed by atoms with Crippen LogP contribution < -0.4 is 10.1 Å². The highest BCUT2D eigenvalue weighted by Crippen LogP contribution is 2.32. The zero-order valence-corrected chi connectivity index (χ0v) is 16.9. The van der Waals surface area contributed by atoms with Gasteiger partial charge in [-0.3, -0.25) is 14.7 Å². The second kappa shape index (κ2) is 8.09. The number of nitrogens with one attached hydrogen (secondary N) is 1. The third kappa shape index (κ3) is 3.98. The molecule has 1 fully saturated rings. The maximum Gasteiger partial charge on any atom is 0.253 e. The molecule has 0 spiro atoms. The van der Waals surface area contributed by atoms with Crippen molar-refractivity contribution in [1.82, 2.24) is 15.2 Å². The fraction of sp³-hybridized carbons (Fsp3) is 0.455. The molecule has 2 heterocycles. The van der Waals surface area contributed by atoms with Crippen LogP contribution >= 0.6 is 0 Å². The number of aromatic nitrogens is 1. The summed E-state index contributed by atoms with van der Waals surface area (Å²) in [7, 11) is 1.71. The third-order valence-electron chi connectivity index (χ3n) is 5.80. The molecule has 144 valence electrons. The lowest BCUT2D eigenvalue weighted by Crippen LogP contribution is -2.38. The van der Waals surface area contributed by atoms with E-state index in [1.54, 1.807) is 19.4 Å². The van der Waals surface area contributed by atoms with Crippen LogP contribution in [0.3, 0.4) is 0 Å². The van der Waals surface area contributed by atoms with E-state index in [4.69, 9.17) is 4.74 Å². The van der Waals surface area contributed by atoms with Crippen LogP contribution in [0.2, 0.25) is 0 Å². The van der Waals surface area contributed by atoms with Gasteiger partial charge in [-0.15, -0.1) is 0 Å². The summed E-state index contributed by atoms with van der Waals surface area (Å²) < 4.78 is 5.43. The number of likely N-dealkylation sites (tertiary alicyclic amines) is 1. The summed E-state index contributed by atoms with van der Waals surface area (Å²) in [5, 5.41) is 3.18. The maximum atomic E-state index is 12.6. The first-order chi connectivity index (χ1) is 12.9. The van der Waals surface area contributed by atoms with Gasteiger partial charge in [0.2, 0.25) is 0 Å². The number of carbonyl (C=O) groups excluding carboxylic acids is 1. The summed E-state index contributed by atoms with van der Waals surface area (Å²) in [6, 6.07) is 8.32. The fourth-order valence-electron chi connectivity index (χ4n) is 3.93. The Morgan fingerprint density at radius 1 is 1.26 bits per heavy atom. The quantitative estimate of drug-likeness (QED) is 0.878. The third-order valence-corrected chi connectivity index (χ3v) is 5.80. The molecule has 0 aliphatic carbocycles. The minimum Gasteiger partial charge on any atom is -0.496 e. The van der Waals surface area contributed by atoms with Crippen molar-refractivity contribution in [1.29, 1.82) is 0 Å². The van der Waals surface area contributed by atoms with Crippen LogP contribution in [-0.4, -0.2) is 42.0 Å². The Morgan fingerprint density at radius 3 is 2.74 bits per heavy atom. The van der Waals surface area contributed by atoms with Crippen molar-refractivity contribution < 1.29 is 9.53 Å². The number of rotatable bonds is 5. The molecule has 1 aromatic carbocycles. The Kier molecular flexibility index (Phi) is 5.80. The molecule has 1 amide bonds. The molecular formula is C22H29N3O2. The lowest BCUT2D eigenvalue weighted by atomic mass is 9.97. The minimum absolute atomic E-state index is 0.0309. The number of pyridine rings is 1. The maximum absolute atomic E-state index is 12.6. The van der Waals surface area contributed by atoms with Gasteiger partial charge in [0.1, 0.15) is 5.75 Å². The molecule has 1 unspecified atom stereocenters. The second-order valence-corrected chi connectivity index (χ2v) is 7.37. The normalized spacial score (nSPS) is 18.3. The van der Waals surface area contributed by atoms with E-state index in [9.17, 15) is 4.79 Å². The van der Waals surface area contributed by atoms with E-state index < -0.39 is 0 Å². The van der Waals surface area contributed by atoms with Crippen molar-refractivity contribution in [3.8, 4) is 5.75 Å². The van der Waals surface area contributed by atoms with Crippen molar-refractivity contribution in [3.05, 3.63) is 58.4 Å². The van der Waals surface area contributed by atoms with Crippen molar-refractivity contribution in [2.45, 2.75) is 46.2 Å². The van der Waals surface area contributed by atoms with Gasteiger partial charge < -0.3 is 10.1 Å². The van der Waals surface area contributed by atoms with Crippen LogP contribution in [0.25, 0.3) is 0 Å². The van der Waals surface area contributed by atoms with Gasteiger partial charge >= 0.3 is 0 Å². The van der Waals surface area contributed by atoms with Gasteiger partial charge in [-0.1, -0.05) is 6.07 Å². The molecule has 0 radical (unpaired) electrons. The SMILES string of the molecule is COc1ccc(C(C)N2CC[C@@H](NC(=O)c3cccnc3C)C2)c(C)c1C. The van der Waals surface area contributed by atoms with Gasteiger partial charge in [0.25, 0.3) is 5.91 Å². The summed E-state index contributed by atoms with van der Waals surface area (Å²) >= 11 is 0. The van der Waals surface area contributed by atoms with Gasteiger partial charge in [-0.2, -0.15) is 0 Å². The molecule has 0 saturated carbocycles. The Bertz CT molecular complexity index is 834. The van der Waals surface area contributed by atoms with Crippen LogP contribution in [0.15, 0.2) is 30.5 Å². The number of hydrogen-bond acceptors (Lipinski definition) is 4. The zero-order valence-electron chi connectivity index (χ0n) is 16.9. The molecule has 3 rings (SSSR count). The monoisotopic (exact) mass is 367 g/mol. The first kappa shape index (κ1) is 19.4. The molecule has 2 atom stereocenters. The Balaban J connectivity index is 1.66. The number of methoxy groups -OCH3 is 1. The van der Waals surface area contributed by atoms with Crippen LogP contribution in [0.4, 0.5) is 0 Å². The molecule has 1 N–H and O–H groups in total. The first-order valence-corrected chi connectivity index (χ1v) is 9.53. The van der Waals surface area contributed by atoms with Gasteiger partial charge in [0, 0.05) is 37.1 Å². The van der Waals surface area contributed by atoms with E-state index in [1.807, 2.05) is 13.0 Å². The number of amides is 1. The topological polar surface area (TPSA) is 54.5 Å². The highest BCUT2D eigenvalue weighted by molar-refractivity contribution is 5.95. The van der Waals surface area contributed by atoms with Gasteiger partial charge in [0.15, 0.2) is 0 Å². The molecule has 5 nitrogen and oxygen atoms in total. The largest absolute Gasteiger partial charge is 0.496 e. The molecule has 0 bridgehead atoms. The minimum atomic E-state index is -0.0309. The van der Waals surface area contributed by atoms with Crippen LogP contribution in [0.5, 0.6) is 5.75 Å². The van der Waals surface area contributed by atoms with E-state index in [1.165, 1.54) is 16.7 Å². The van der Waals surface area contributed by atoms with E-state index in [-0.39, 0.29) is 11.9 Å². The number of benzene rings is 1. The van der Waals surface area contributed by atoms with Crippen molar-refractivity contribution in [3.63, 3.8) is 0 Å². The zero-order chi connectivity index (χ0) is 19.6. The van der Waals surface area contributed by atoms with Gasteiger partial charge in [0.05, 0.1) is 12.7 Å². The van der Waals surface area contributed by atoms with Crippen LogP contribution in [0, 0.1) is 20.8 Å². The summed E-state index contributed by atoms with van der Waals surface area (Å²) in [5.41, 5.74) is 5.22. The summed E-state index contributed by atoms with van der Waals surface area (Å²) in [6.07, 6.45) is 2.67. The predicted molar refractivity (Wildman–Crippen MR) is 107 cm³/mol. The molecule has 1 aliphatic heterocycles. The number of hydrogen-bond donors (Lipinski definition) is 1. The standard InChI is InChI=1S/C22H29N3O2/c1-14-15(2)21(27-5)9-8-19(14)17(4)25-12-10-18(13-25)24-22(26)20-7-6-11-23-16(20)3/h6-9,11,17-18H,10,12-13H2,1-5H3,(H,24,26)/t17?,18-/m1/s1. The first-order valence-electron chi connectivity index (χ1n) is 9.53. The van der Waals surface area contributed by atoms with Crippen molar-refractivity contribution >= 4 is 5.91 Å². The average Bonchev–Trinajstić information content (AvgIpc) is 3.12.